The molecule has 3 aromatic rings. The van der Waals surface area contributed by atoms with E-state index in [2.05, 4.69) is 20.4 Å². The summed E-state index contributed by atoms with van der Waals surface area (Å²) in [6.45, 7) is 3.88. The van der Waals surface area contributed by atoms with Crippen LogP contribution < -0.4 is 15.8 Å². The van der Waals surface area contributed by atoms with Gasteiger partial charge in [0.1, 0.15) is 17.8 Å². The summed E-state index contributed by atoms with van der Waals surface area (Å²) < 4.78 is 7.04. The summed E-state index contributed by atoms with van der Waals surface area (Å²) in [4.78, 5) is 8.49. The molecule has 3 rings (SSSR count). The summed E-state index contributed by atoms with van der Waals surface area (Å²) in [6, 6.07) is 9.53. The molecule has 2 heterocycles. The fourth-order valence-electron chi connectivity index (χ4n) is 2.37. The van der Waals surface area contributed by atoms with E-state index in [1.165, 1.54) is 6.33 Å². The number of nitrogens with two attached hydrogens (primary N) is 1. The van der Waals surface area contributed by atoms with Gasteiger partial charge in [-0.2, -0.15) is 5.10 Å². The average Bonchev–Trinajstić information content (AvgIpc) is 2.88. The molecule has 0 spiro atoms. The van der Waals surface area contributed by atoms with Crippen LogP contribution in [0.5, 0.6) is 5.75 Å². The van der Waals surface area contributed by atoms with Crippen molar-refractivity contribution in [2.24, 2.45) is 0 Å². The number of benzene rings is 1. The Morgan fingerprint density at radius 2 is 1.96 bits per heavy atom. The van der Waals surface area contributed by atoms with Crippen molar-refractivity contribution in [3.63, 3.8) is 0 Å². The number of aromatic nitrogens is 4. The lowest BCUT2D eigenvalue weighted by molar-refractivity contribution is 0.417. The van der Waals surface area contributed by atoms with Gasteiger partial charge in [0.15, 0.2) is 11.6 Å². The molecule has 7 heteroatoms. The van der Waals surface area contributed by atoms with Crippen LogP contribution in [0.1, 0.15) is 11.4 Å². The number of para-hydroxylation sites is 2. The van der Waals surface area contributed by atoms with Crippen LogP contribution in [0.15, 0.2) is 36.7 Å². The van der Waals surface area contributed by atoms with Crippen LogP contribution in [0.25, 0.3) is 5.82 Å². The Bertz CT molecular complexity index is 842. The lowest BCUT2D eigenvalue weighted by Crippen LogP contribution is -2.10. The molecule has 2 aromatic heterocycles. The molecule has 3 N–H and O–H groups in total. The largest absolute Gasteiger partial charge is 0.495 e. The van der Waals surface area contributed by atoms with E-state index in [1.54, 1.807) is 11.8 Å². The summed E-state index contributed by atoms with van der Waals surface area (Å²) in [5.41, 5.74) is 9.30. The summed E-state index contributed by atoms with van der Waals surface area (Å²) in [5.74, 6) is 1.76. The number of ether oxygens (including phenoxy) is 1. The lowest BCUT2D eigenvalue weighted by atomic mass is 10.3. The Morgan fingerprint density at radius 1 is 1.17 bits per heavy atom. The normalized spacial score (nSPS) is 10.6. The molecular formula is C16H18N6O. The number of aryl methyl sites for hydroxylation is 2. The second-order valence-corrected chi connectivity index (χ2v) is 5.12. The Morgan fingerprint density at radius 3 is 2.65 bits per heavy atom. The summed E-state index contributed by atoms with van der Waals surface area (Å²) in [5, 5.41) is 7.60. The number of hydrogen-bond acceptors (Lipinski definition) is 6. The molecule has 23 heavy (non-hydrogen) atoms. The molecule has 0 saturated carbocycles. The van der Waals surface area contributed by atoms with Gasteiger partial charge in [0.25, 0.3) is 0 Å². The van der Waals surface area contributed by atoms with E-state index in [4.69, 9.17) is 10.5 Å². The predicted molar refractivity (Wildman–Crippen MR) is 89.3 cm³/mol. The maximum atomic E-state index is 6.24. The number of nitrogens with zero attached hydrogens (tertiary/aromatic N) is 4. The number of anilines is 3. The van der Waals surface area contributed by atoms with Crippen molar-refractivity contribution < 1.29 is 4.74 Å². The molecule has 0 aliphatic carbocycles. The number of nitrogen functional groups attached to an aromatic ring is 1. The zero-order chi connectivity index (χ0) is 16.4. The Balaban J connectivity index is 2.02. The van der Waals surface area contributed by atoms with E-state index in [1.807, 2.05) is 44.2 Å². The molecular weight excluding hydrogens is 292 g/mol. The first-order valence-electron chi connectivity index (χ1n) is 7.14. The van der Waals surface area contributed by atoms with Crippen LogP contribution in [-0.4, -0.2) is 26.9 Å². The molecule has 0 aliphatic rings. The summed E-state index contributed by atoms with van der Waals surface area (Å²) in [7, 11) is 1.62. The van der Waals surface area contributed by atoms with Crippen molar-refractivity contribution in [3.8, 4) is 11.6 Å². The fraction of sp³-hybridized carbons (Fsp3) is 0.188. The zero-order valence-electron chi connectivity index (χ0n) is 13.2. The SMILES string of the molecule is COc1ccccc1Nc1ncnc(-n2nc(C)cc2C)c1N. The molecule has 0 amide bonds. The van der Waals surface area contributed by atoms with Crippen molar-refractivity contribution in [3.05, 3.63) is 48.0 Å². The van der Waals surface area contributed by atoms with Gasteiger partial charge in [0.2, 0.25) is 0 Å². The van der Waals surface area contributed by atoms with Crippen LogP contribution in [0.2, 0.25) is 0 Å². The van der Waals surface area contributed by atoms with Crippen molar-refractivity contribution >= 4 is 17.2 Å². The van der Waals surface area contributed by atoms with Crippen molar-refractivity contribution in [1.29, 1.82) is 0 Å². The number of methoxy groups -OCH3 is 1. The number of nitrogens with one attached hydrogen (secondary N) is 1. The van der Waals surface area contributed by atoms with Crippen molar-refractivity contribution in [1.82, 2.24) is 19.7 Å². The van der Waals surface area contributed by atoms with Crippen molar-refractivity contribution in [2.75, 3.05) is 18.2 Å². The summed E-state index contributed by atoms with van der Waals surface area (Å²) >= 11 is 0. The molecule has 0 unspecified atom stereocenters. The maximum Gasteiger partial charge on any atom is 0.182 e. The van der Waals surface area contributed by atoms with Gasteiger partial charge >= 0.3 is 0 Å². The highest BCUT2D eigenvalue weighted by atomic mass is 16.5. The molecule has 0 bridgehead atoms. The van der Waals surface area contributed by atoms with Gasteiger partial charge < -0.3 is 15.8 Å². The van der Waals surface area contributed by atoms with Crippen LogP contribution in [0.3, 0.4) is 0 Å². The smallest absolute Gasteiger partial charge is 0.182 e. The average molecular weight is 310 g/mol. The van der Waals surface area contributed by atoms with Gasteiger partial charge in [-0.25, -0.2) is 14.6 Å². The van der Waals surface area contributed by atoms with Crippen LogP contribution >= 0.6 is 0 Å². The highest BCUT2D eigenvalue weighted by Crippen LogP contribution is 2.30. The molecule has 1 aromatic carbocycles. The minimum atomic E-state index is 0.421. The minimum Gasteiger partial charge on any atom is -0.495 e. The molecule has 0 saturated heterocycles. The third-order valence-electron chi connectivity index (χ3n) is 3.43. The standard InChI is InChI=1S/C16H18N6O/c1-10-8-11(2)22(21-10)16-14(17)15(18-9-19-16)20-12-6-4-5-7-13(12)23-3/h4-9H,17H2,1-3H3,(H,18,19,20). The van der Waals surface area contributed by atoms with E-state index in [9.17, 15) is 0 Å². The van der Waals surface area contributed by atoms with Gasteiger partial charge in [-0.15, -0.1) is 0 Å². The topological polar surface area (TPSA) is 90.9 Å². The Hall–Kier alpha value is -3.09. The Labute approximate surface area is 134 Å². The van der Waals surface area contributed by atoms with Crippen LogP contribution in [0.4, 0.5) is 17.2 Å². The highest BCUT2D eigenvalue weighted by molar-refractivity contribution is 5.76. The highest BCUT2D eigenvalue weighted by Gasteiger charge is 2.14. The van der Waals surface area contributed by atoms with E-state index < -0.39 is 0 Å². The maximum absolute atomic E-state index is 6.24. The first-order valence-corrected chi connectivity index (χ1v) is 7.14. The second kappa shape index (κ2) is 5.96. The van der Waals surface area contributed by atoms with E-state index in [0.29, 0.717) is 23.1 Å². The third-order valence-corrected chi connectivity index (χ3v) is 3.43. The Kier molecular flexibility index (Phi) is 3.84. The molecule has 7 nitrogen and oxygen atoms in total. The van der Waals surface area contributed by atoms with Crippen LogP contribution in [0, 0.1) is 13.8 Å². The molecule has 0 atom stereocenters. The minimum absolute atomic E-state index is 0.421. The van der Waals surface area contributed by atoms with E-state index >= 15 is 0 Å². The monoisotopic (exact) mass is 310 g/mol. The molecule has 0 fully saturated rings. The lowest BCUT2D eigenvalue weighted by Gasteiger charge is -2.13. The number of rotatable bonds is 4. The third kappa shape index (κ3) is 2.80. The first kappa shape index (κ1) is 14.8. The molecule has 0 aliphatic heterocycles. The van der Waals surface area contributed by atoms with Gasteiger partial charge in [0, 0.05) is 5.69 Å². The van der Waals surface area contributed by atoms with Gasteiger partial charge in [-0.1, -0.05) is 12.1 Å². The van der Waals surface area contributed by atoms with Crippen LogP contribution in [-0.2, 0) is 0 Å². The first-order chi connectivity index (χ1) is 11.1. The van der Waals surface area contributed by atoms with E-state index in [0.717, 1.165) is 17.1 Å². The van der Waals surface area contributed by atoms with Gasteiger partial charge in [0.05, 0.1) is 18.5 Å². The van der Waals surface area contributed by atoms with E-state index in [-0.39, 0.29) is 0 Å². The summed E-state index contributed by atoms with van der Waals surface area (Å²) in [6.07, 6.45) is 1.46. The predicted octanol–water partition coefficient (Wildman–Crippen LogP) is 2.61. The van der Waals surface area contributed by atoms with Gasteiger partial charge in [-0.3, -0.25) is 0 Å². The van der Waals surface area contributed by atoms with Crippen molar-refractivity contribution in [2.45, 2.75) is 13.8 Å². The fourth-order valence-corrected chi connectivity index (χ4v) is 2.37. The second-order valence-electron chi connectivity index (χ2n) is 5.12. The quantitative estimate of drug-likeness (QED) is 0.769. The number of hydrogen-bond donors (Lipinski definition) is 2. The van der Waals surface area contributed by atoms with Gasteiger partial charge in [-0.05, 0) is 32.0 Å². The molecule has 118 valence electrons. The molecule has 0 radical (unpaired) electrons. The zero-order valence-corrected chi connectivity index (χ0v) is 13.2.